The number of amides is 3. The molecule has 7 heteroatoms. The zero-order valence-electron chi connectivity index (χ0n) is 20.7. The summed E-state index contributed by atoms with van der Waals surface area (Å²) in [6.07, 6.45) is 2.00. The Bertz CT molecular complexity index is 1030. The van der Waals surface area contributed by atoms with E-state index < -0.39 is 11.3 Å². The first-order chi connectivity index (χ1) is 16.1. The number of hydrogen-bond donors (Lipinski definition) is 2. The van der Waals surface area contributed by atoms with Crippen LogP contribution in [0.5, 0.6) is 5.75 Å². The van der Waals surface area contributed by atoms with Gasteiger partial charge in [-0.2, -0.15) is 0 Å². The molecule has 0 bridgehead atoms. The maximum absolute atomic E-state index is 13.4. The number of anilines is 2. The number of rotatable bonds is 8. The molecule has 2 N–H and O–H groups in total. The van der Waals surface area contributed by atoms with Crippen molar-refractivity contribution in [3.05, 3.63) is 54.1 Å². The first kappa shape index (κ1) is 25.3. The van der Waals surface area contributed by atoms with Gasteiger partial charge in [-0.25, -0.2) is 0 Å². The second kappa shape index (κ2) is 10.7. The molecule has 34 heavy (non-hydrogen) atoms. The van der Waals surface area contributed by atoms with Crippen LogP contribution in [0.25, 0.3) is 0 Å². The second-order valence-corrected chi connectivity index (χ2v) is 9.74. The Morgan fingerprint density at radius 3 is 2.29 bits per heavy atom. The molecule has 1 aliphatic rings. The molecule has 2 aromatic rings. The number of nitrogens with zero attached hydrogens (tertiary/aromatic N) is 1. The lowest BCUT2D eigenvalue weighted by molar-refractivity contribution is -0.129. The predicted molar refractivity (Wildman–Crippen MR) is 134 cm³/mol. The number of carbonyl (C=O) groups is 3. The Hall–Kier alpha value is -3.35. The lowest BCUT2D eigenvalue weighted by Gasteiger charge is -2.28. The molecular weight excluding hydrogens is 430 g/mol. The number of unbranched alkanes of at least 4 members (excludes halogenated alkanes) is 1. The maximum atomic E-state index is 13.4. The fourth-order valence-corrected chi connectivity index (χ4v) is 4.06. The highest BCUT2D eigenvalue weighted by molar-refractivity contribution is 5.99. The largest absolute Gasteiger partial charge is 0.497 e. The first-order valence-electron chi connectivity index (χ1n) is 11.8. The minimum Gasteiger partial charge on any atom is -0.497 e. The highest BCUT2D eigenvalue weighted by atomic mass is 16.5. The minimum atomic E-state index is -0.531. The maximum Gasteiger partial charge on any atom is 0.230 e. The molecule has 3 amide bonds. The SMILES string of the molecule is CCCCN1C(=O)C[C@H](C(=O)Nc2cccc(NC(=O)C(C)(C)C)c2)[C@@H]1c1ccc(OC)cc1. The average molecular weight is 466 g/mol. The summed E-state index contributed by atoms with van der Waals surface area (Å²) in [6.45, 7) is 8.22. The van der Waals surface area contributed by atoms with Crippen molar-refractivity contribution in [1.82, 2.24) is 4.90 Å². The molecule has 7 nitrogen and oxygen atoms in total. The van der Waals surface area contributed by atoms with E-state index in [9.17, 15) is 14.4 Å². The predicted octanol–water partition coefficient (Wildman–Crippen LogP) is 5.01. The molecule has 3 rings (SSSR count). The molecule has 1 saturated heterocycles. The number of likely N-dealkylation sites (tertiary alicyclic amines) is 1. The molecule has 1 aliphatic heterocycles. The summed E-state index contributed by atoms with van der Waals surface area (Å²) in [6, 6.07) is 14.3. The van der Waals surface area contributed by atoms with Crippen molar-refractivity contribution < 1.29 is 19.1 Å². The van der Waals surface area contributed by atoms with E-state index in [4.69, 9.17) is 4.74 Å². The molecule has 0 aliphatic carbocycles. The van der Waals surface area contributed by atoms with Crippen LogP contribution in [0.2, 0.25) is 0 Å². The van der Waals surface area contributed by atoms with Crippen molar-refractivity contribution in [2.45, 2.75) is 53.0 Å². The van der Waals surface area contributed by atoms with Crippen LogP contribution in [0.15, 0.2) is 48.5 Å². The van der Waals surface area contributed by atoms with Crippen LogP contribution < -0.4 is 15.4 Å². The van der Waals surface area contributed by atoms with Crippen LogP contribution in [-0.4, -0.2) is 36.3 Å². The Labute approximate surface area is 201 Å². The number of carbonyl (C=O) groups excluding carboxylic acids is 3. The van der Waals surface area contributed by atoms with Gasteiger partial charge in [0.1, 0.15) is 5.75 Å². The summed E-state index contributed by atoms with van der Waals surface area (Å²) in [7, 11) is 1.61. The molecule has 0 unspecified atom stereocenters. The van der Waals surface area contributed by atoms with Gasteiger partial charge in [-0.1, -0.05) is 52.3 Å². The van der Waals surface area contributed by atoms with E-state index in [0.717, 1.165) is 24.2 Å². The van der Waals surface area contributed by atoms with Crippen LogP contribution in [0.4, 0.5) is 11.4 Å². The fraction of sp³-hybridized carbons (Fsp3) is 0.444. The van der Waals surface area contributed by atoms with Gasteiger partial charge in [0.05, 0.1) is 19.1 Å². The Morgan fingerprint density at radius 1 is 1.06 bits per heavy atom. The third kappa shape index (κ3) is 5.95. The summed E-state index contributed by atoms with van der Waals surface area (Å²) < 4.78 is 5.27. The van der Waals surface area contributed by atoms with Gasteiger partial charge in [0, 0.05) is 29.8 Å². The number of benzene rings is 2. The summed E-state index contributed by atoms with van der Waals surface area (Å²) in [5, 5.41) is 5.85. The van der Waals surface area contributed by atoms with E-state index in [0.29, 0.717) is 17.9 Å². The lowest BCUT2D eigenvalue weighted by atomic mass is 9.92. The smallest absolute Gasteiger partial charge is 0.230 e. The summed E-state index contributed by atoms with van der Waals surface area (Å²) >= 11 is 0. The minimum absolute atomic E-state index is 0.0133. The van der Waals surface area contributed by atoms with Gasteiger partial charge in [0.2, 0.25) is 17.7 Å². The molecule has 0 aromatic heterocycles. The van der Waals surface area contributed by atoms with Crippen molar-refractivity contribution in [1.29, 1.82) is 0 Å². The molecule has 2 atom stereocenters. The molecule has 2 aromatic carbocycles. The van der Waals surface area contributed by atoms with E-state index in [1.807, 2.05) is 49.9 Å². The second-order valence-electron chi connectivity index (χ2n) is 9.74. The Morgan fingerprint density at radius 2 is 1.71 bits per heavy atom. The van der Waals surface area contributed by atoms with Crippen molar-refractivity contribution in [3.8, 4) is 5.75 Å². The van der Waals surface area contributed by atoms with Gasteiger partial charge in [-0.15, -0.1) is 0 Å². The number of hydrogen-bond acceptors (Lipinski definition) is 4. The molecule has 182 valence electrons. The fourth-order valence-electron chi connectivity index (χ4n) is 4.06. The first-order valence-corrected chi connectivity index (χ1v) is 11.8. The van der Waals surface area contributed by atoms with Crippen molar-refractivity contribution in [2.75, 3.05) is 24.3 Å². The van der Waals surface area contributed by atoms with Crippen LogP contribution in [-0.2, 0) is 14.4 Å². The zero-order chi connectivity index (χ0) is 24.9. The van der Waals surface area contributed by atoms with Gasteiger partial charge >= 0.3 is 0 Å². The van der Waals surface area contributed by atoms with Gasteiger partial charge in [-0.3, -0.25) is 14.4 Å². The van der Waals surface area contributed by atoms with Crippen LogP contribution in [0.1, 0.15) is 58.6 Å². The average Bonchev–Trinajstić information content (AvgIpc) is 3.13. The lowest BCUT2D eigenvalue weighted by Crippen LogP contribution is -2.33. The van der Waals surface area contributed by atoms with Gasteiger partial charge in [0.25, 0.3) is 0 Å². The highest BCUT2D eigenvalue weighted by Gasteiger charge is 2.44. The van der Waals surface area contributed by atoms with Gasteiger partial charge in [0.15, 0.2) is 0 Å². The van der Waals surface area contributed by atoms with E-state index in [-0.39, 0.29) is 30.2 Å². The molecule has 0 spiro atoms. The topological polar surface area (TPSA) is 87.7 Å². The monoisotopic (exact) mass is 465 g/mol. The molecule has 0 radical (unpaired) electrons. The Kier molecular flexibility index (Phi) is 7.97. The number of nitrogens with one attached hydrogen (secondary N) is 2. The molecule has 1 fully saturated rings. The third-order valence-electron chi connectivity index (χ3n) is 6.05. The van der Waals surface area contributed by atoms with Crippen LogP contribution >= 0.6 is 0 Å². The normalized spacial score (nSPS) is 18.0. The molecule has 0 saturated carbocycles. The molecular formula is C27H35N3O4. The molecule has 1 heterocycles. The van der Waals surface area contributed by atoms with Crippen molar-refractivity contribution >= 4 is 29.1 Å². The van der Waals surface area contributed by atoms with E-state index in [1.54, 1.807) is 31.4 Å². The summed E-state index contributed by atoms with van der Waals surface area (Å²) in [5.74, 6) is -0.134. The zero-order valence-corrected chi connectivity index (χ0v) is 20.7. The summed E-state index contributed by atoms with van der Waals surface area (Å²) in [4.78, 5) is 40.4. The van der Waals surface area contributed by atoms with Gasteiger partial charge in [-0.05, 0) is 42.3 Å². The van der Waals surface area contributed by atoms with Crippen LogP contribution in [0, 0.1) is 11.3 Å². The number of methoxy groups -OCH3 is 1. The quantitative estimate of drug-likeness (QED) is 0.574. The van der Waals surface area contributed by atoms with E-state index in [2.05, 4.69) is 17.6 Å². The van der Waals surface area contributed by atoms with Gasteiger partial charge < -0.3 is 20.3 Å². The highest BCUT2D eigenvalue weighted by Crippen LogP contribution is 2.39. The summed E-state index contributed by atoms with van der Waals surface area (Å²) in [5.41, 5.74) is 1.56. The van der Waals surface area contributed by atoms with Crippen LogP contribution in [0.3, 0.4) is 0 Å². The van der Waals surface area contributed by atoms with Crippen molar-refractivity contribution in [2.24, 2.45) is 11.3 Å². The number of ether oxygens (including phenoxy) is 1. The van der Waals surface area contributed by atoms with Crippen molar-refractivity contribution in [3.63, 3.8) is 0 Å². The Balaban J connectivity index is 1.82. The van der Waals surface area contributed by atoms with E-state index >= 15 is 0 Å². The third-order valence-corrected chi connectivity index (χ3v) is 6.05. The standard InChI is InChI=1S/C27H35N3O4/c1-6-7-15-30-23(31)17-22(24(30)18-11-13-21(34-5)14-12-18)25(32)28-19-9-8-10-20(16-19)29-26(33)27(2,3)4/h8-14,16,22,24H,6-7,15,17H2,1-5H3,(H,28,32)(H,29,33)/t22-,24-/m0/s1. The van der Waals surface area contributed by atoms with E-state index in [1.165, 1.54) is 0 Å².